The van der Waals surface area contributed by atoms with E-state index in [1.165, 1.54) is 0 Å². The van der Waals surface area contributed by atoms with Gasteiger partial charge in [-0.15, -0.1) is 0 Å². The number of para-hydroxylation sites is 1. The summed E-state index contributed by atoms with van der Waals surface area (Å²) < 4.78 is 22.1. The van der Waals surface area contributed by atoms with Crippen LogP contribution in [0.25, 0.3) is 0 Å². The van der Waals surface area contributed by atoms with Gasteiger partial charge in [-0.25, -0.2) is 0 Å². The van der Waals surface area contributed by atoms with Crippen LogP contribution in [0.1, 0.15) is 48.1 Å². The minimum absolute atomic E-state index is 0. The lowest BCUT2D eigenvalue weighted by Gasteiger charge is -2.26. The first-order valence-corrected chi connectivity index (χ1v) is 9.64. The quantitative estimate of drug-likeness (QED) is 0.729. The molecule has 1 unspecified atom stereocenters. The minimum atomic E-state index is -0.276. The Hall–Kier alpha value is -2.44. The van der Waals surface area contributed by atoms with Gasteiger partial charge in [-0.3, -0.25) is 9.98 Å². The number of ether oxygens (including phenoxy) is 4. The molecule has 2 aliphatic heterocycles. The summed E-state index contributed by atoms with van der Waals surface area (Å²) in [5.41, 5.74) is 1.10. The van der Waals surface area contributed by atoms with Crippen molar-refractivity contribution in [1.29, 1.82) is 0 Å². The smallest absolute Gasteiger partial charge is 0.223 e. The lowest BCUT2D eigenvalue weighted by molar-refractivity contribution is -0.150. The van der Waals surface area contributed by atoms with E-state index in [0.717, 1.165) is 27.8 Å². The van der Waals surface area contributed by atoms with Crippen molar-refractivity contribution in [1.82, 2.24) is 0 Å². The summed E-state index contributed by atoms with van der Waals surface area (Å²) >= 11 is 0. The van der Waals surface area contributed by atoms with Crippen LogP contribution >= 0.6 is 0 Å². The molecule has 0 fully saturated rings. The number of fused-ring (bicyclic) bond motifs is 2. The second-order valence-corrected chi connectivity index (χ2v) is 7.12. The molecule has 0 amide bonds. The first-order valence-electron chi connectivity index (χ1n) is 9.64. The van der Waals surface area contributed by atoms with Gasteiger partial charge in [0.1, 0.15) is 24.8 Å². The third kappa shape index (κ3) is 7.43. The molecule has 30 heavy (non-hydrogen) atoms. The fourth-order valence-electron chi connectivity index (χ4n) is 2.75. The Morgan fingerprint density at radius 2 is 1.70 bits per heavy atom. The predicted molar refractivity (Wildman–Crippen MR) is 120 cm³/mol. The molecular formula is C24H36N2O4. The van der Waals surface area contributed by atoms with Crippen molar-refractivity contribution < 1.29 is 18.9 Å². The summed E-state index contributed by atoms with van der Waals surface area (Å²) in [6, 6.07) is 13.7. The molecule has 0 saturated carbocycles. The topological polar surface area (TPSA) is 61.6 Å². The molecule has 6 nitrogen and oxygen atoms in total. The van der Waals surface area contributed by atoms with E-state index < -0.39 is 0 Å². The predicted octanol–water partition coefficient (Wildman–Crippen LogP) is 4.30. The first-order chi connectivity index (χ1) is 13.5. The molecule has 1 atom stereocenters. The highest BCUT2D eigenvalue weighted by molar-refractivity contribution is 5.33. The molecule has 6 heteroatoms. The molecule has 0 aliphatic carbocycles. The van der Waals surface area contributed by atoms with Crippen LogP contribution < -0.4 is 20.2 Å². The maximum atomic E-state index is 5.64. The lowest BCUT2D eigenvalue weighted by Crippen LogP contribution is -2.31. The molecular weight excluding hydrogens is 380 g/mol. The lowest BCUT2D eigenvalue weighted by atomic mass is 10.2. The van der Waals surface area contributed by atoms with Crippen molar-refractivity contribution in [3.63, 3.8) is 0 Å². The van der Waals surface area contributed by atoms with E-state index in [1.807, 2.05) is 70.2 Å². The van der Waals surface area contributed by atoms with Crippen molar-refractivity contribution >= 4 is 0 Å². The van der Waals surface area contributed by atoms with Gasteiger partial charge in [-0.2, -0.15) is 0 Å². The Morgan fingerprint density at radius 1 is 0.967 bits per heavy atom. The van der Waals surface area contributed by atoms with Crippen molar-refractivity contribution in [3.8, 4) is 11.5 Å². The van der Waals surface area contributed by atoms with E-state index in [2.05, 4.69) is 9.98 Å². The average Bonchev–Trinajstić information content (AvgIpc) is 3.14. The van der Waals surface area contributed by atoms with Crippen LogP contribution in [-0.4, -0.2) is 31.8 Å². The molecule has 2 heterocycles. The van der Waals surface area contributed by atoms with Gasteiger partial charge >= 0.3 is 0 Å². The summed E-state index contributed by atoms with van der Waals surface area (Å²) in [5, 5.41) is 1.91. The molecule has 0 aromatic heterocycles. The van der Waals surface area contributed by atoms with Crippen molar-refractivity contribution in [2.24, 2.45) is 9.98 Å². The van der Waals surface area contributed by atoms with Crippen molar-refractivity contribution in [3.05, 3.63) is 58.7 Å². The van der Waals surface area contributed by atoms with E-state index in [1.54, 1.807) is 0 Å². The second-order valence-electron chi connectivity index (χ2n) is 7.12. The van der Waals surface area contributed by atoms with Crippen LogP contribution in [0.15, 0.2) is 52.4 Å². The molecule has 2 aromatic carbocycles. The molecule has 4 rings (SSSR count). The summed E-state index contributed by atoms with van der Waals surface area (Å²) in [4.78, 5) is 8.42. The van der Waals surface area contributed by atoms with Gasteiger partial charge in [0.05, 0.1) is 29.5 Å². The molecule has 0 radical (unpaired) electrons. The van der Waals surface area contributed by atoms with Gasteiger partial charge in [0.25, 0.3) is 0 Å². The Balaban J connectivity index is 0.000000284. The molecule has 0 saturated heterocycles. The van der Waals surface area contributed by atoms with Crippen molar-refractivity contribution in [2.45, 2.75) is 67.7 Å². The summed E-state index contributed by atoms with van der Waals surface area (Å²) in [5.74, 6) is 1.77. The number of hydrogen-bond donors (Lipinski definition) is 0. The third-order valence-corrected chi connectivity index (χ3v) is 4.02. The number of hydrogen-bond acceptors (Lipinski definition) is 6. The molecule has 2 aliphatic rings. The van der Waals surface area contributed by atoms with Gasteiger partial charge in [0.2, 0.25) is 6.29 Å². The number of rotatable bonds is 5. The van der Waals surface area contributed by atoms with E-state index in [4.69, 9.17) is 18.9 Å². The summed E-state index contributed by atoms with van der Waals surface area (Å²) in [6.45, 7) is 9.64. The normalized spacial score (nSPS) is 15.7. The van der Waals surface area contributed by atoms with Crippen LogP contribution in [0.3, 0.4) is 0 Å². The van der Waals surface area contributed by atoms with Crippen LogP contribution in [-0.2, 0) is 16.1 Å². The van der Waals surface area contributed by atoms with Gasteiger partial charge in [0.15, 0.2) is 0 Å². The summed E-state index contributed by atoms with van der Waals surface area (Å²) in [7, 11) is 0. The number of benzene rings is 2. The number of nitrogens with zero attached hydrogens (tertiary/aromatic N) is 2. The molecule has 0 bridgehead atoms. The van der Waals surface area contributed by atoms with Gasteiger partial charge < -0.3 is 18.9 Å². The zero-order chi connectivity index (χ0) is 19.9. The average molecular weight is 417 g/mol. The maximum Gasteiger partial charge on any atom is 0.223 e. The van der Waals surface area contributed by atoms with Crippen LogP contribution in [0, 0.1) is 0 Å². The van der Waals surface area contributed by atoms with Crippen molar-refractivity contribution in [2.75, 3.05) is 13.3 Å². The van der Waals surface area contributed by atoms with Gasteiger partial charge in [-0.1, -0.05) is 33.1 Å². The fourth-order valence-corrected chi connectivity index (χ4v) is 2.75. The Bertz CT molecular complexity index is 896. The summed E-state index contributed by atoms with van der Waals surface area (Å²) in [6.07, 6.45) is 0.132. The largest absolute Gasteiger partial charge is 0.491 e. The first kappa shape index (κ1) is 25.6. The molecule has 0 spiro atoms. The highest BCUT2D eigenvalue weighted by atomic mass is 16.7. The van der Waals surface area contributed by atoms with Crippen LogP contribution in [0.2, 0.25) is 0 Å². The monoisotopic (exact) mass is 416 g/mol. The van der Waals surface area contributed by atoms with Crippen LogP contribution in [0.5, 0.6) is 11.5 Å². The molecule has 0 N–H and O–H groups in total. The van der Waals surface area contributed by atoms with E-state index in [-0.39, 0.29) is 33.4 Å². The Morgan fingerprint density at radius 3 is 2.43 bits per heavy atom. The standard InChI is InChI=1S/C12H16O3.C10H12N2O.2CH4/c1-9(2)13-8-12-14-7-10-5-3-4-6-11(10)15-12;1-7(2)13-8-3-4-9-10(5-8)12-6-11-9;;/h3-6,9,12H,7-8H2,1-2H3;3-5,7H,6H2,1-2H3;2*1H4. The van der Waals surface area contributed by atoms with E-state index in [9.17, 15) is 0 Å². The Labute approximate surface area is 180 Å². The maximum absolute atomic E-state index is 5.64. The second kappa shape index (κ2) is 12.3. The zero-order valence-corrected chi connectivity index (χ0v) is 16.9. The molecule has 2 aromatic rings. The SMILES string of the molecule is C.C.CC(C)OCC1OCc2ccccc2O1.CC(C)Oc1ccc2c(c1)=NCN=2. The third-order valence-electron chi connectivity index (χ3n) is 4.02. The highest BCUT2D eigenvalue weighted by Gasteiger charge is 2.19. The van der Waals surface area contributed by atoms with Gasteiger partial charge in [-0.05, 0) is 45.9 Å². The Kier molecular flexibility index (Phi) is 10.5. The fraction of sp³-hybridized carbons (Fsp3) is 0.500. The van der Waals surface area contributed by atoms with Crippen LogP contribution in [0.4, 0.5) is 0 Å². The zero-order valence-electron chi connectivity index (χ0n) is 16.9. The van der Waals surface area contributed by atoms with E-state index >= 15 is 0 Å². The molecule has 166 valence electrons. The van der Waals surface area contributed by atoms with E-state index in [0.29, 0.717) is 19.9 Å². The van der Waals surface area contributed by atoms with Gasteiger partial charge in [0, 0.05) is 11.6 Å². The minimum Gasteiger partial charge on any atom is -0.491 e. The highest BCUT2D eigenvalue weighted by Crippen LogP contribution is 2.25.